The zero-order valence-electron chi connectivity index (χ0n) is 16.7. The summed E-state index contributed by atoms with van der Waals surface area (Å²) in [5.74, 6) is -0.194. The predicted molar refractivity (Wildman–Crippen MR) is 116 cm³/mol. The fraction of sp³-hybridized carbons (Fsp3) is 0.227. The Morgan fingerprint density at radius 2 is 1.62 bits per heavy atom. The SMILES string of the molecule is C[C@@H](NCC(=O)Nc1ccc(S(=O)(=O)N(C)C)cc1)c1cccc2ccccc12. The first-order chi connectivity index (χ1) is 13.8. The molecule has 0 aliphatic carbocycles. The highest BCUT2D eigenvalue weighted by Crippen LogP contribution is 2.24. The average molecular weight is 412 g/mol. The van der Waals surface area contributed by atoms with Crippen LogP contribution in [0.2, 0.25) is 0 Å². The van der Waals surface area contributed by atoms with Crippen LogP contribution in [0.4, 0.5) is 5.69 Å². The van der Waals surface area contributed by atoms with Gasteiger partial charge in [0.2, 0.25) is 15.9 Å². The van der Waals surface area contributed by atoms with Crippen LogP contribution in [0.15, 0.2) is 71.6 Å². The van der Waals surface area contributed by atoms with Crippen LogP contribution < -0.4 is 10.6 Å². The van der Waals surface area contributed by atoms with E-state index in [0.29, 0.717) is 5.69 Å². The summed E-state index contributed by atoms with van der Waals surface area (Å²) in [5, 5.41) is 8.35. The van der Waals surface area contributed by atoms with Gasteiger partial charge in [-0.3, -0.25) is 4.79 Å². The number of carbonyl (C=O) groups is 1. The van der Waals surface area contributed by atoms with Gasteiger partial charge in [-0.15, -0.1) is 0 Å². The van der Waals surface area contributed by atoms with E-state index in [0.717, 1.165) is 20.6 Å². The molecule has 3 aromatic rings. The van der Waals surface area contributed by atoms with Crippen molar-refractivity contribution in [3.8, 4) is 0 Å². The number of nitrogens with zero attached hydrogens (tertiary/aromatic N) is 1. The summed E-state index contributed by atoms with van der Waals surface area (Å²) >= 11 is 0. The highest BCUT2D eigenvalue weighted by atomic mass is 32.2. The highest BCUT2D eigenvalue weighted by Gasteiger charge is 2.17. The van der Waals surface area contributed by atoms with E-state index in [-0.39, 0.29) is 23.4 Å². The summed E-state index contributed by atoms with van der Waals surface area (Å²) < 4.78 is 25.4. The van der Waals surface area contributed by atoms with Crippen molar-refractivity contribution in [1.29, 1.82) is 0 Å². The van der Waals surface area contributed by atoms with Crippen LogP contribution in [0.3, 0.4) is 0 Å². The van der Waals surface area contributed by atoms with Crippen LogP contribution in [0.25, 0.3) is 10.8 Å². The zero-order valence-corrected chi connectivity index (χ0v) is 17.5. The summed E-state index contributed by atoms with van der Waals surface area (Å²) in [6.07, 6.45) is 0. The smallest absolute Gasteiger partial charge is 0.242 e. The van der Waals surface area contributed by atoms with E-state index in [4.69, 9.17) is 0 Å². The lowest BCUT2D eigenvalue weighted by atomic mass is 10.00. The van der Waals surface area contributed by atoms with Gasteiger partial charge >= 0.3 is 0 Å². The van der Waals surface area contributed by atoms with Crippen LogP contribution >= 0.6 is 0 Å². The fourth-order valence-corrected chi connectivity index (χ4v) is 4.01. The molecule has 0 aromatic heterocycles. The summed E-state index contributed by atoms with van der Waals surface area (Å²) in [6, 6.07) is 20.4. The third-order valence-corrected chi connectivity index (χ3v) is 6.60. The molecule has 1 atom stereocenters. The standard InChI is InChI=1S/C22H25N3O3S/c1-16(20-10-6-8-17-7-4-5-9-21(17)20)23-15-22(26)24-18-11-13-19(14-12-18)29(27,28)25(2)3/h4-14,16,23H,15H2,1-3H3,(H,24,26)/t16-/m1/s1. The Morgan fingerprint density at radius 1 is 0.966 bits per heavy atom. The molecule has 0 unspecified atom stereocenters. The molecule has 0 fully saturated rings. The van der Waals surface area contributed by atoms with Crippen molar-refractivity contribution in [2.75, 3.05) is 26.0 Å². The molecule has 0 saturated heterocycles. The maximum absolute atomic E-state index is 12.3. The zero-order chi connectivity index (χ0) is 21.0. The Kier molecular flexibility index (Phi) is 6.32. The van der Waals surface area contributed by atoms with Gasteiger partial charge in [0.25, 0.3) is 0 Å². The van der Waals surface area contributed by atoms with Crippen molar-refractivity contribution >= 4 is 32.4 Å². The van der Waals surface area contributed by atoms with Crippen LogP contribution in [-0.4, -0.2) is 39.3 Å². The number of hydrogen-bond donors (Lipinski definition) is 2. The second-order valence-corrected chi connectivity index (χ2v) is 9.18. The lowest BCUT2D eigenvalue weighted by Crippen LogP contribution is -2.30. The molecular formula is C22H25N3O3S. The quantitative estimate of drug-likeness (QED) is 0.625. The van der Waals surface area contributed by atoms with Crippen molar-refractivity contribution in [3.63, 3.8) is 0 Å². The van der Waals surface area contributed by atoms with Crippen molar-refractivity contribution in [1.82, 2.24) is 9.62 Å². The van der Waals surface area contributed by atoms with E-state index in [1.165, 1.54) is 26.2 Å². The molecule has 0 spiro atoms. The molecule has 7 heteroatoms. The number of sulfonamides is 1. The minimum atomic E-state index is -3.48. The van der Waals surface area contributed by atoms with Crippen LogP contribution in [0.1, 0.15) is 18.5 Å². The molecule has 1 amide bonds. The third-order valence-electron chi connectivity index (χ3n) is 4.78. The Morgan fingerprint density at radius 3 is 2.31 bits per heavy atom. The molecule has 0 saturated carbocycles. The maximum atomic E-state index is 12.3. The van der Waals surface area contributed by atoms with Gasteiger partial charge in [0.15, 0.2) is 0 Å². The lowest BCUT2D eigenvalue weighted by Gasteiger charge is -2.16. The lowest BCUT2D eigenvalue weighted by molar-refractivity contribution is -0.115. The second-order valence-electron chi connectivity index (χ2n) is 7.03. The molecule has 0 radical (unpaired) electrons. The van der Waals surface area contributed by atoms with Gasteiger partial charge in [0.1, 0.15) is 0 Å². The normalized spacial score (nSPS) is 12.8. The number of amides is 1. The van der Waals surface area contributed by atoms with Gasteiger partial charge in [-0.05, 0) is 47.5 Å². The number of carbonyl (C=O) groups excluding carboxylic acids is 1. The van der Waals surface area contributed by atoms with Gasteiger partial charge in [-0.1, -0.05) is 42.5 Å². The number of fused-ring (bicyclic) bond motifs is 1. The number of anilines is 1. The first kappa shape index (κ1) is 21.0. The molecule has 6 nitrogen and oxygen atoms in total. The first-order valence-corrected chi connectivity index (χ1v) is 10.8. The van der Waals surface area contributed by atoms with Crippen molar-refractivity contribution < 1.29 is 13.2 Å². The van der Waals surface area contributed by atoms with Crippen molar-refractivity contribution in [2.24, 2.45) is 0 Å². The van der Waals surface area contributed by atoms with Gasteiger partial charge in [0, 0.05) is 25.8 Å². The Bertz CT molecular complexity index is 1100. The van der Waals surface area contributed by atoms with E-state index >= 15 is 0 Å². The summed E-state index contributed by atoms with van der Waals surface area (Å²) in [5.41, 5.74) is 1.68. The van der Waals surface area contributed by atoms with E-state index in [1.807, 2.05) is 25.1 Å². The molecule has 2 N–H and O–H groups in total. The van der Waals surface area contributed by atoms with Crippen molar-refractivity contribution in [2.45, 2.75) is 17.9 Å². The summed E-state index contributed by atoms with van der Waals surface area (Å²) in [7, 11) is -0.524. The summed E-state index contributed by atoms with van der Waals surface area (Å²) in [6.45, 7) is 2.16. The second kappa shape index (κ2) is 8.73. The topological polar surface area (TPSA) is 78.5 Å². The minimum Gasteiger partial charge on any atom is -0.325 e. The fourth-order valence-electron chi connectivity index (χ4n) is 3.11. The number of rotatable bonds is 7. The van der Waals surface area contributed by atoms with Crippen LogP contribution in [-0.2, 0) is 14.8 Å². The molecule has 0 aliphatic rings. The average Bonchev–Trinajstić information content (AvgIpc) is 2.72. The summed E-state index contributed by atoms with van der Waals surface area (Å²) in [4.78, 5) is 12.5. The first-order valence-electron chi connectivity index (χ1n) is 9.32. The molecule has 3 aromatic carbocycles. The van der Waals surface area contributed by atoms with Gasteiger partial charge < -0.3 is 10.6 Å². The van der Waals surface area contributed by atoms with Gasteiger partial charge in [-0.25, -0.2) is 12.7 Å². The van der Waals surface area contributed by atoms with E-state index in [2.05, 4.69) is 34.9 Å². The van der Waals surface area contributed by atoms with E-state index in [1.54, 1.807) is 12.1 Å². The van der Waals surface area contributed by atoms with E-state index < -0.39 is 10.0 Å². The molecule has 0 bridgehead atoms. The number of nitrogens with one attached hydrogen (secondary N) is 2. The van der Waals surface area contributed by atoms with E-state index in [9.17, 15) is 13.2 Å². The maximum Gasteiger partial charge on any atom is 0.242 e. The molecular weight excluding hydrogens is 386 g/mol. The van der Waals surface area contributed by atoms with Gasteiger partial charge in [0.05, 0.1) is 11.4 Å². The van der Waals surface area contributed by atoms with Crippen LogP contribution in [0.5, 0.6) is 0 Å². The van der Waals surface area contributed by atoms with Crippen LogP contribution in [0, 0.1) is 0 Å². The van der Waals surface area contributed by atoms with Gasteiger partial charge in [-0.2, -0.15) is 0 Å². The Labute approximate surface area is 171 Å². The monoisotopic (exact) mass is 411 g/mol. The minimum absolute atomic E-state index is 0.000500. The Balaban J connectivity index is 1.61. The molecule has 0 aliphatic heterocycles. The largest absolute Gasteiger partial charge is 0.325 e. The predicted octanol–water partition coefficient (Wildman–Crippen LogP) is 3.38. The highest BCUT2D eigenvalue weighted by molar-refractivity contribution is 7.89. The number of hydrogen-bond acceptors (Lipinski definition) is 4. The Hall–Kier alpha value is -2.74. The molecule has 3 rings (SSSR count). The van der Waals surface area contributed by atoms with Crippen molar-refractivity contribution in [3.05, 3.63) is 72.3 Å². The third kappa shape index (κ3) is 4.82. The molecule has 0 heterocycles. The number of benzene rings is 3. The molecule has 152 valence electrons. The molecule has 29 heavy (non-hydrogen) atoms.